The molecule has 0 radical (unpaired) electrons. The minimum absolute atomic E-state index is 0.130. The maximum atomic E-state index is 12.0. The molecule has 3 aromatic rings. The summed E-state index contributed by atoms with van der Waals surface area (Å²) in [6.07, 6.45) is 6.56. The maximum absolute atomic E-state index is 12.0. The number of hydrogen-bond donors (Lipinski definition) is 0. The number of pyridine rings is 1. The van der Waals surface area contributed by atoms with Gasteiger partial charge in [0, 0.05) is 6.20 Å². The van der Waals surface area contributed by atoms with Crippen LogP contribution in [0.15, 0.2) is 72.9 Å². The number of benzene rings is 2. The minimum atomic E-state index is -0.436. The molecule has 0 aliphatic heterocycles. The van der Waals surface area contributed by atoms with E-state index in [4.69, 9.17) is 9.47 Å². The lowest BCUT2D eigenvalue weighted by Crippen LogP contribution is -2.17. The van der Waals surface area contributed by atoms with E-state index in [1.807, 2.05) is 66.7 Å². The number of hydrogen-bond acceptors (Lipinski definition) is 4. The highest BCUT2D eigenvalue weighted by atomic mass is 16.6. The van der Waals surface area contributed by atoms with E-state index in [2.05, 4.69) is 11.9 Å². The van der Waals surface area contributed by atoms with Gasteiger partial charge in [-0.3, -0.25) is 4.98 Å². The molecular weight excluding hydrogens is 338 g/mol. The summed E-state index contributed by atoms with van der Waals surface area (Å²) in [5, 5.41) is 0. The van der Waals surface area contributed by atoms with Crippen molar-refractivity contribution in [1.29, 1.82) is 0 Å². The summed E-state index contributed by atoms with van der Waals surface area (Å²) in [5.41, 5.74) is 3.04. The zero-order valence-electron chi connectivity index (χ0n) is 15.2. The van der Waals surface area contributed by atoms with E-state index in [1.165, 1.54) is 0 Å². The molecule has 0 saturated carbocycles. The number of rotatable bonds is 7. The Bertz CT molecular complexity index is 902. The van der Waals surface area contributed by atoms with Gasteiger partial charge in [-0.1, -0.05) is 43.3 Å². The summed E-state index contributed by atoms with van der Waals surface area (Å²) in [7, 11) is 0. The van der Waals surface area contributed by atoms with Gasteiger partial charge in [0.2, 0.25) is 0 Å². The fourth-order valence-electron chi connectivity index (χ4n) is 2.46. The SMILES string of the molecule is CCc1cccc(OCC(=O)Oc2ccc(/C=C/c3ccccn3)cc2)c1. The Kier molecular flexibility index (Phi) is 6.36. The van der Waals surface area contributed by atoms with Gasteiger partial charge in [-0.2, -0.15) is 0 Å². The summed E-state index contributed by atoms with van der Waals surface area (Å²) in [5.74, 6) is 0.718. The molecule has 3 rings (SSSR count). The summed E-state index contributed by atoms with van der Waals surface area (Å²) in [4.78, 5) is 16.2. The van der Waals surface area contributed by atoms with E-state index < -0.39 is 5.97 Å². The molecule has 4 nitrogen and oxygen atoms in total. The first kappa shape index (κ1) is 18.4. The van der Waals surface area contributed by atoms with E-state index in [1.54, 1.807) is 18.3 Å². The Labute approximate surface area is 159 Å². The lowest BCUT2D eigenvalue weighted by molar-refractivity contribution is -0.136. The number of ether oxygens (including phenoxy) is 2. The summed E-state index contributed by atoms with van der Waals surface area (Å²) in [6.45, 7) is 1.94. The average Bonchev–Trinajstić information content (AvgIpc) is 2.73. The molecule has 0 atom stereocenters. The van der Waals surface area contributed by atoms with Crippen LogP contribution in [0.4, 0.5) is 0 Å². The second-order valence-corrected chi connectivity index (χ2v) is 5.92. The lowest BCUT2D eigenvalue weighted by Gasteiger charge is -2.08. The smallest absolute Gasteiger partial charge is 0.349 e. The average molecular weight is 359 g/mol. The largest absolute Gasteiger partial charge is 0.482 e. The number of carbonyl (C=O) groups is 1. The lowest BCUT2D eigenvalue weighted by atomic mass is 10.2. The molecular formula is C23H21NO3. The number of aromatic nitrogens is 1. The van der Waals surface area contributed by atoms with Gasteiger partial charge in [0.1, 0.15) is 11.5 Å². The van der Waals surface area contributed by atoms with Gasteiger partial charge in [-0.25, -0.2) is 4.79 Å². The first-order chi connectivity index (χ1) is 13.2. The van der Waals surface area contributed by atoms with Crippen LogP contribution in [0.2, 0.25) is 0 Å². The van der Waals surface area contributed by atoms with E-state index in [0.717, 1.165) is 23.2 Å². The van der Waals surface area contributed by atoms with Crippen molar-refractivity contribution < 1.29 is 14.3 Å². The Hall–Kier alpha value is -3.40. The summed E-state index contributed by atoms with van der Waals surface area (Å²) < 4.78 is 10.8. The van der Waals surface area contributed by atoms with Crippen LogP contribution in [0.3, 0.4) is 0 Å². The Morgan fingerprint density at radius 2 is 1.81 bits per heavy atom. The van der Waals surface area contributed by atoms with E-state index >= 15 is 0 Å². The van der Waals surface area contributed by atoms with Crippen LogP contribution >= 0.6 is 0 Å². The summed E-state index contributed by atoms with van der Waals surface area (Å²) in [6, 6.07) is 20.7. The second kappa shape index (κ2) is 9.34. The molecule has 0 unspecified atom stereocenters. The van der Waals surface area contributed by atoms with Crippen LogP contribution in [-0.2, 0) is 11.2 Å². The molecule has 0 aliphatic rings. The molecule has 1 aromatic heterocycles. The van der Waals surface area contributed by atoms with Crippen molar-refractivity contribution in [2.24, 2.45) is 0 Å². The molecule has 136 valence electrons. The van der Waals surface area contributed by atoms with Gasteiger partial charge < -0.3 is 9.47 Å². The highest BCUT2D eigenvalue weighted by molar-refractivity contribution is 5.74. The molecule has 0 saturated heterocycles. The quantitative estimate of drug-likeness (QED) is 0.449. The molecule has 0 spiro atoms. The zero-order valence-corrected chi connectivity index (χ0v) is 15.2. The van der Waals surface area contributed by atoms with Crippen LogP contribution in [0.1, 0.15) is 23.7 Å². The van der Waals surface area contributed by atoms with E-state index in [0.29, 0.717) is 11.5 Å². The Balaban J connectivity index is 1.51. The van der Waals surface area contributed by atoms with E-state index in [-0.39, 0.29) is 6.61 Å². The molecule has 0 N–H and O–H groups in total. The first-order valence-electron chi connectivity index (χ1n) is 8.84. The van der Waals surface area contributed by atoms with Crippen LogP contribution in [0.5, 0.6) is 11.5 Å². The Morgan fingerprint density at radius 1 is 0.963 bits per heavy atom. The molecule has 27 heavy (non-hydrogen) atoms. The standard InChI is InChI=1S/C23H21NO3/c1-2-18-6-5-8-22(16-18)26-17-23(25)27-21-13-10-19(11-14-21)9-12-20-7-3-4-15-24-20/h3-16H,2,17H2,1H3/b12-9+. The van der Waals surface area contributed by atoms with Crippen molar-refractivity contribution in [3.63, 3.8) is 0 Å². The third kappa shape index (κ3) is 5.82. The normalized spacial score (nSPS) is 10.7. The predicted molar refractivity (Wildman–Crippen MR) is 107 cm³/mol. The molecule has 0 aliphatic carbocycles. The molecule has 1 heterocycles. The maximum Gasteiger partial charge on any atom is 0.349 e. The summed E-state index contributed by atoms with van der Waals surface area (Å²) >= 11 is 0. The number of esters is 1. The highest BCUT2D eigenvalue weighted by Gasteiger charge is 2.06. The van der Waals surface area contributed by atoms with Crippen molar-refractivity contribution in [3.05, 3.63) is 89.7 Å². The molecule has 2 aromatic carbocycles. The predicted octanol–water partition coefficient (Wildman–Crippen LogP) is 4.80. The third-order valence-corrected chi connectivity index (χ3v) is 3.91. The van der Waals surface area contributed by atoms with Gasteiger partial charge in [0.25, 0.3) is 0 Å². The highest BCUT2D eigenvalue weighted by Crippen LogP contribution is 2.16. The van der Waals surface area contributed by atoms with Crippen molar-refractivity contribution in [2.75, 3.05) is 6.61 Å². The van der Waals surface area contributed by atoms with Gasteiger partial charge in [0.05, 0.1) is 5.69 Å². The number of nitrogens with zero attached hydrogens (tertiary/aromatic N) is 1. The van der Waals surface area contributed by atoms with Crippen LogP contribution in [0.25, 0.3) is 12.2 Å². The van der Waals surface area contributed by atoms with Crippen molar-refractivity contribution >= 4 is 18.1 Å². The fraction of sp³-hybridized carbons (Fsp3) is 0.130. The third-order valence-electron chi connectivity index (χ3n) is 3.91. The van der Waals surface area contributed by atoms with Crippen LogP contribution in [-0.4, -0.2) is 17.6 Å². The Morgan fingerprint density at radius 3 is 2.56 bits per heavy atom. The zero-order chi connectivity index (χ0) is 18.9. The molecule has 0 fully saturated rings. The topological polar surface area (TPSA) is 48.4 Å². The van der Waals surface area contributed by atoms with Gasteiger partial charge in [-0.15, -0.1) is 0 Å². The van der Waals surface area contributed by atoms with Crippen molar-refractivity contribution in [3.8, 4) is 11.5 Å². The van der Waals surface area contributed by atoms with Gasteiger partial charge in [0.15, 0.2) is 6.61 Å². The van der Waals surface area contributed by atoms with Crippen LogP contribution < -0.4 is 9.47 Å². The first-order valence-corrected chi connectivity index (χ1v) is 8.84. The van der Waals surface area contributed by atoms with Crippen LogP contribution in [0, 0.1) is 0 Å². The fourth-order valence-corrected chi connectivity index (χ4v) is 2.46. The van der Waals surface area contributed by atoms with Gasteiger partial charge >= 0.3 is 5.97 Å². The second-order valence-electron chi connectivity index (χ2n) is 5.92. The number of aryl methyl sites for hydroxylation is 1. The molecule has 0 amide bonds. The number of carbonyl (C=O) groups excluding carboxylic acids is 1. The monoisotopic (exact) mass is 359 g/mol. The van der Waals surface area contributed by atoms with Crippen molar-refractivity contribution in [2.45, 2.75) is 13.3 Å². The van der Waals surface area contributed by atoms with E-state index in [9.17, 15) is 4.79 Å². The minimum Gasteiger partial charge on any atom is -0.482 e. The van der Waals surface area contributed by atoms with Gasteiger partial charge in [-0.05, 0) is 60.0 Å². The molecule has 4 heteroatoms. The molecule has 0 bridgehead atoms. The van der Waals surface area contributed by atoms with Crippen molar-refractivity contribution in [1.82, 2.24) is 4.98 Å².